The van der Waals surface area contributed by atoms with Crippen LogP contribution < -0.4 is 4.74 Å². The smallest absolute Gasteiger partial charge is 0.209 e. The Balaban J connectivity index is 1.65. The normalized spacial score (nSPS) is 20.6. The number of carbonyl (C=O) groups excluding carboxylic acids is 1. The molecule has 3 rings (SSSR count). The molecule has 0 unspecified atom stereocenters. The fourth-order valence-electron chi connectivity index (χ4n) is 3.35. The summed E-state index contributed by atoms with van der Waals surface area (Å²) in [5.74, 6) is 0.955. The Bertz CT molecular complexity index is 481. The van der Waals surface area contributed by atoms with Gasteiger partial charge in [0.2, 0.25) is 6.41 Å². The first kappa shape index (κ1) is 13.4. The van der Waals surface area contributed by atoms with E-state index in [4.69, 9.17) is 4.74 Å². The summed E-state index contributed by atoms with van der Waals surface area (Å²) >= 11 is 0. The Morgan fingerprint density at radius 3 is 2.70 bits per heavy atom. The highest BCUT2D eigenvalue weighted by atomic mass is 16.5. The Hall–Kier alpha value is -1.55. The van der Waals surface area contributed by atoms with Crippen molar-refractivity contribution in [1.29, 1.82) is 0 Å². The fraction of sp³-hybridized carbons (Fsp3) is 0.562. The van der Waals surface area contributed by atoms with E-state index in [9.17, 15) is 4.79 Å². The fourth-order valence-corrected chi connectivity index (χ4v) is 3.35. The van der Waals surface area contributed by atoms with Gasteiger partial charge in [-0.3, -0.25) is 9.69 Å². The maximum absolute atomic E-state index is 10.8. The molecule has 1 aromatic carbocycles. The van der Waals surface area contributed by atoms with Crippen LogP contribution in [0.15, 0.2) is 18.2 Å². The third-order valence-corrected chi connectivity index (χ3v) is 4.62. The standard InChI is InChI=1S/C16H22N2O2/c1-20-16-3-2-14-11-18(9-4-13(14)10-16)15-5-7-17(12-19)8-6-15/h2-3,10,12,15H,4-9,11H2,1H3. The predicted molar refractivity (Wildman–Crippen MR) is 77.8 cm³/mol. The Labute approximate surface area is 120 Å². The predicted octanol–water partition coefficient (Wildman–Crippen LogP) is 1.67. The molecule has 0 atom stereocenters. The van der Waals surface area contributed by atoms with Crippen molar-refractivity contribution < 1.29 is 9.53 Å². The van der Waals surface area contributed by atoms with Gasteiger partial charge in [0.15, 0.2) is 0 Å². The quantitative estimate of drug-likeness (QED) is 0.786. The number of rotatable bonds is 3. The van der Waals surface area contributed by atoms with Crippen molar-refractivity contribution in [3.05, 3.63) is 29.3 Å². The lowest BCUT2D eigenvalue weighted by Gasteiger charge is -2.39. The van der Waals surface area contributed by atoms with E-state index in [0.29, 0.717) is 6.04 Å². The highest BCUT2D eigenvalue weighted by Crippen LogP contribution is 2.27. The first-order valence-corrected chi connectivity index (χ1v) is 7.39. The number of methoxy groups -OCH3 is 1. The molecule has 20 heavy (non-hydrogen) atoms. The highest BCUT2D eigenvalue weighted by molar-refractivity contribution is 5.47. The van der Waals surface area contributed by atoms with Crippen molar-refractivity contribution in [1.82, 2.24) is 9.80 Å². The Morgan fingerprint density at radius 2 is 2.00 bits per heavy atom. The lowest BCUT2D eigenvalue weighted by molar-refractivity contribution is -0.119. The lowest BCUT2D eigenvalue weighted by atomic mass is 9.95. The van der Waals surface area contributed by atoms with Gasteiger partial charge in [-0.2, -0.15) is 0 Å². The van der Waals surface area contributed by atoms with Gasteiger partial charge in [-0.05, 0) is 42.5 Å². The van der Waals surface area contributed by atoms with Gasteiger partial charge in [-0.1, -0.05) is 6.07 Å². The molecule has 1 fully saturated rings. The van der Waals surface area contributed by atoms with E-state index in [2.05, 4.69) is 23.1 Å². The molecule has 4 heteroatoms. The monoisotopic (exact) mass is 274 g/mol. The maximum Gasteiger partial charge on any atom is 0.209 e. The molecule has 0 bridgehead atoms. The second kappa shape index (κ2) is 5.83. The largest absolute Gasteiger partial charge is 0.497 e. The molecule has 0 radical (unpaired) electrons. The summed E-state index contributed by atoms with van der Waals surface area (Å²) in [7, 11) is 1.72. The van der Waals surface area contributed by atoms with E-state index in [-0.39, 0.29) is 0 Å². The van der Waals surface area contributed by atoms with Crippen molar-refractivity contribution in [2.24, 2.45) is 0 Å². The van der Waals surface area contributed by atoms with Crippen LogP contribution in [0.5, 0.6) is 5.75 Å². The Morgan fingerprint density at radius 1 is 1.20 bits per heavy atom. The molecule has 2 aliphatic rings. The van der Waals surface area contributed by atoms with Gasteiger partial charge in [0.1, 0.15) is 5.75 Å². The second-order valence-electron chi connectivity index (χ2n) is 5.73. The van der Waals surface area contributed by atoms with Gasteiger partial charge in [0.05, 0.1) is 7.11 Å². The minimum Gasteiger partial charge on any atom is -0.497 e. The number of hydrogen-bond acceptors (Lipinski definition) is 3. The SMILES string of the molecule is COc1ccc2c(c1)CCN(C1CCN(C=O)CC1)C2. The van der Waals surface area contributed by atoms with Crippen molar-refractivity contribution >= 4 is 6.41 Å². The van der Waals surface area contributed by atoms with Crippen LogP contribution in [0.3, 0.4) is 0 Å². The van der Waals surface area contributed by atoms with E-state index in [1.54, 1.807) is 7.11 Å². The number of hydrogen-bond donors (Lipinski definition) is 0. The van der Waals surface area contributed by atoms with Crippen LogP contribution in [0.4, 0.5) is 0 Å². The topological polar surface area (TPSA) is 32.8 Å². The van der Waals surface area contributed by atoms with Crippen LogP contribution >= 0.6 is 0 Å². The zero-order valence-electron chi connectivity index (χ0n) is 12.0. The number of carbonyl (C=O) groups is 1. The summed E-state index contributed by atoms with van der Waals surface area (Å²) in [5, 5.41) is 0. The molecule has 2 aliphatic heterocycles. The molecule has 1 amide bonds. The van der Waals surface area contributed by atoms with Gasteiger partial charge in [0.25, 0.3) is 0 Å². The molecule has 0 saturated carbocycles. The molecule has 0 aromatic heterocycles. The molecule has 4 nitrogen and oxygen atoms in total. The summed E-state index contributed by atoms with van der Waals surface area (Å²) in [6.07, 6.45) is 4.28. The zero-order chi connectivity index (χ0) is 13.9. The third kappa shape index (κ3) is 2.66. The summed E-state index contributed by atoms with van der Waals surface area (Å²) in [5.41, 5.74) is 2.85. The number of ether oxygens (including phenoxy) is 1. The second-order valence-corrected chi connectivity index (χ2v) is 5.73. The molecular weight excluding hydrogens is 252 g/mol. The van der Waals surface area contributed by atoms with Crippen LogP contribution in [0.25, 0.3) is 0 Å². The average Bonchev–Trinajstić information content (AvgIpc) is 2.54. The molecule has 0 N–H and O–H groups in total. The van der Waals surface area contributed by atoms with Gasteiger partial charge in [-0.15, -0.1) is 0 Å². The molecule has 108 valence electrons. The van der Waals surface area contributed by atoms with Crippen molar-refractivity contribution in [3.8, 4) is 5.75 Å². The lowest BCUT2D eigenvalue weighted by Crippen LogP contribution is -2.46. The van der Waals surface area contributed by atoms with Crippen LogP contribution in [-0.4, -0.2) is 49.0 Å². The molecule has 1 aromatic rings. The average molecular weight is 274 g/mol. The van der Waals surface area contributed by atoms with Crippen LogP contribution in [-0.2, 0) is 17.8 Å². The van der Waals surface area contributed by atoms with Crippen LogP contribution in [0.2, 0.25) is 0 Å². The van der Waals surface area contributed by atoms with Gasteiger partial charge < -0.3 is 9.64 Å². The van der Waals surface area contributed by atoms with Gasteiger partial charge in [0, 0.05) is 32.2 Å². The minimum absolute atomic E-state index is 0.626. The Kier molecular flexibility index (Phi) is 3.92. The first-order valence-electron chi connectivity index (χ1n) is 7.39. The summed E-state index contributed by atoms with van der Waals surface area (Å²) < 4.78 is 5.30. The molecule has 1 saturated heterocycles. The van der Waals surface area contributed by atoms with E-state index in [1.165, 1.54) is 11.1 Å². The number of nitrogens with zero attached hydrogens (tertiary/aromatic N) is 2. The van der Waals surface area contributed by atoms with E-state index < -0.39 is 0 Å². The summed E-state index contributed by atoms with van der Waals surface area (Å²) in [6, 6.07) is 7.04. The maximum atomic E-state index is 10.8. The van der Waals surface area contributed by atoms with Gasteiger partial charge in [-0.25, -0.2) is 0 Å². The summed E-state index contributed by atoms with van der Waals surface area (Å²) in [4.78, 5) is 15.2. The van der Waals surface area contributed by atoms with E-state index >= 15 is 0 Å². The van der Waals surface area contributed by atoms with Crippen LogP contribution in [0, 0.1) is 0 Å². The minimum atomic E-state index is 0.626. The first-order chi connectivity index (χ1) is 9.80. The van der Waals surface area contributed by atoms with Crippen molar-refractivity contribution in [3.63, 3.8) is 0 Å². The van der Waals surface area contributed by atoms with Crippen LogP contribution in [0.1, 0.15) is 24.0 Å². The highest BCUT2D eigenvalue weighted by Gasteiger charge is 2.26. The molecule has 0 aliphatic carbocycles. The van der Waals surface area contributed by atoms with Crippen molar-refractivity contribution in [2.75, 3.05) is 26.7 Å². The van der Waals surface area contributed by atoms with E-state index in [0.717, 1.165) is 57.6 Å². The number of fused-ring (bicyclic) bond motifs is 1. The molecule has 0 spiro atoms. The molecular formula is C16H22N2O2. The number of benzene rings is 1. The zero-order valence-corrected chi connectivity index (χ0v) is 12.0. The van der Waals surface area contributed by atoms with Crippen molar-refractivity contribution in [2.45, 2.75) is 31.8 Å². The number of piperidine rings is 1. The number of likely N-dealkylation sites (tertiary alicyclic amines) is 1. The van der Waals surface area contributed by atoms with Gasteiger partial charge >= 0.3 is 0 Å². The number of amides is 1. The van der Waals surface area contributed by atoms with E-state index in [1.807, 2.05) is 4.90 Å². The third-order valence-electron chi connectivity index (χ3n) is 4.62. The molecule has 2 heterocycles. The summed E-state index contributed by atoms with van der Waals surface area (Å²) in [6.45, 7) is 3.96.